The monoisotopic (exact) mass is 190 g/mol. The molecule has 0 saturated carbocycles. The van der Waals surface area contributed by atoms with Crippen LogP contribution in [0.15, 0.2) is 35.4 Å². The van der Waals surface area contributed by atoms with Crippen LogP contribution in [0.4, 0.5) is 5.69 Å². The van der Waals surface area contributed by atoms with Gasteiger partial charge in [-0.2, -0.15) is 4.76 Å². The molecule has 1 aliphatic heterocycles. The molecule has 0 radical (unpaired) electrons. The summed E-state index contributed by atoms with van der Waals surface area (Å²) >= 11 is 0. The molecule has 1 unspecified atom stereocenters. The molecule has 3 heteroatoms. The highest BCUT2D eigenvalue weighted by atomic mass is 16.6. The van der Waals surface area contributed by atoms with Crippen molar-refractivity contribution < 1.29 is 0 Å². The Morgan fingerprint density at radius 3 is 2.43 bits per heavy atom. The Kier molecular flexibility index (Phi) is 1.94. The number of rotatable bonds is 1. The largest absolute Gasteiger partial charge is 0.599 e. The van der Waals surface area contributed by atoms with Gasteiger partial charge >= 0.3 is 0 Å². The molecule has 3 nitrogen and oxygen atoms in total. The molecular formula is C11H14N2O. The Labute approximate surface area is 83.8 Å². The van der Waals surface area contributed by atoms with Gasteiger partial charge in [-0.3, -0.25) is 0 Å². The highest BCUT2D eigenvalue weighted by Gasteiger charge is 2.36. The normalized spacial score (nSPS) is 29.4. The van der Waals surface area contributed by atoms with E-state index in [0.29, 0.717) is 12.2 Å². The van der Waals surface area contributed by atoms with Gasteiger partial charge in [-0.25, -0.2) is 0 Å². The number of benzene rings is 1. The lowest BCUT2D eigenvalue weighted by molar-refractivity contribution is 0.349. The predicted molar refractivity (Wildman–Crippen MR) is 58.7 cm³/mol. The van der Waals surface area contributed by atoms with Gasteiger partial charge in [0.1, 0.15) is 6.54 Å². The Morgan fingerprint density at radius 1 is 1.29 bits per heavy atom. The van der Waals surface area contributed by atoms with Crippen molar-refractivity contribution in [3.63, 3.8) is 0 Å². The minimum atomic E-state index is -0.576. The number of hydroxylamine groups is 1. The first-order chi connectivity index (χ1) is 6.52. The average Bonchev–Trinajstić information content (AvgIpc) is 2.44. The topological polar surface area (TPSA) is 35.4 Å². The Morgan fingerprint density at radius 2 is 1.93 bits per heavy atom. The summed E-state index contributed by atoms with van der Waals surface area (Å²) in [6.45, 7) is 4.53. The molecule has 0 fully saturated rings. The van der Waals surface area contributed by atoms with E-state index in [0.717, 1.165) is 0 Å². The van der Waals surface area contributed by atoms with Gasteiger partial charge in [0.05, 0.1) is 11.6 Å². The molecule has 1 aromatic rings. The Balaban J connectivity index is 2.33. The van der Waals surface area contributed by atoms with Gasteiger partial charge in [0.15, 0.2) is 5.69 Å². The van der Waals surface area contributed by atoms with Crippen molar-refractivity contribution in [2.45, 2.75) is 13.8 Å². The molecule has 14 heavy (non-hydrogen) atoms. The smallest absolute Gasteiger partial charge is 0.159 e. The Bertz CT molecular complexity index is 359. The van der Waals surface area contributed by atoms with Gasteiger partial charge in [0.25, 0.3) is 0 Å². The van der Waals surface area contributed by atoms with Crippen molar-refractivity contribution in [2.24, 2.45) is 10.5 Å². The minimum absolute atomic E-state index is 0.0996. The molecule has 0 N–H and O–H groups in total. The third-order valence-electron chi connectivity index (χ3n) is 2.38. The predicted octanol–water partition coefficient (Wildman–Crippen LogP) is 2.52. The van der Waals surface area contributed by atoms with Crippen molar-refractivity contribution >= 4 is 11.9 Å². The summed E-state index contributed by atoms with van der Waals surface area (Å²) in [5.74, 6) is 0. The fraction of sp³-hybridized carbons (Fsp3) is 0.364. The molecule has 1 aliphatic rings. The van der Waals surface area contributed by atoms with Gasteiger partial charge in [-0.1, -0.05) is 23.3 Å². The zero-order valence-corrected chi connectivity index (χ0v) is 8.47. The molecule has 0 saturated heterocycles. The van der Waals surface area contributed by atoms with Crippen LogP contribution in [0, 0.1) is 10.6 Å². The first-order valence-electron chi connectivity index (χ1n) is 4.73. The van der Waals surface area contributed by atoms with Crippen molar-refractivity contribution in [3.05, 3.63) is 35.5 Å². The fourth-order valence-corrected chi connectivity index (χ4v) is 1.70. The van der Waals surface area contributed by atoms with Gasteiger partial charge < -0.3 is 5.21 Å². The molecule has 1 aromatic carbocycles. The molecule has 1 atom stereocenters. The van der Waals surface area contributed by atoms with Crippen LogP contribution in [0.2, 0.25) is 0 Å². The van der Waals surface area contributed by atoms with E-state index in [1.54, 1.807) is 6.21 Å². The van der Waals surface area contributed by atoms with Crippen LogP contribution >= 0.6 is 0 Å². The maximum Gasteiger partial charge on any atom is 0.159 e. The highest BCUT2D eigenvalue weighted by Crippen LogP contribution is 2.32. The van der Waals surface area contributed by atoms with Crippen LogP contribution in [0.1, 0.15) is 13.8 Å². The van der Waals surface area contributed by atoms with Gasteiger partial charge in [0.2, 0.25) is 0 Å². The van der Waals surface area contributed by atoms with E-state index in [-0.39, 0.29) is 5.41 Å². The maximum absolute atomic E-state index is 12.3. The first kappa shape index (κ1) is 9.37. The zero-order valence-electron chi connectivity index (χ0n) is 8.47. The van der Waals surface area contributed by atoms with Crippen LogP contribution in [-0.2, 0) is 0 Å². The quantitative estimate of drug-likeness (QED) is 0.495. The zero-order chi connectivity index (χ0) is 10.2. The molecule has 0 aromatic heterocycles. The third kappa shape index (κ3) is 1.56. The summed E-state index contributed by atoms with van der Waals surface area (Å²) in [4.78, 5) is 0. The van der Waals surface area contributed by atoms with Gasteiger partial charge in [0, 0.05) is 12.1 Å². The van der Waals surface area contributed by atoms with Gasteiger partial charge in [-0.05, 0) is 13.8 Å². The molecule has 2 rings (SSSR count). The van der Waals surface area contributed by atoms with Crippen LogP contribution in [0.3, 0.4) is 0 Å². The molecule has 74 valence electrons. The fourth-order valence-electron chi connectivity index (χ4n) is 1.70. The molecule has 0 spiro atoms. The second-order valence-corrected chi connectivity index (χ2v) is 4.43. The maximum atomic E-state index is 12.3. The van der Waals surface area contributed by atoms with Crippen molar-refractivity contribution in [1.29, 1.82) is 0 Å². The highest BCUT2D eigenvalue weighted by molar-refractivity contribution is 5.70. The number of quaternary nitrogens is 1. The van der Waals surface area contributed by atoms with E-state index in [2.05, 4.69) is 5.10 Å². The van der Waals surface area contributed by atoms with E-state index in [1.165, 1.54) is 0 Å². The summed E-state index contributed by atoms with van der Waals surface area (Å²) in [5.41, 5.74) is 0.603. The second-order valence-electron chi connectivity index (χ2n) is 4.43. The van der Waals surface area contributed by atoms with Crippen LogP contribution < -0.4 is 4.76 Å². The third-order valence-corrected chi connectivity index (χ3v) is 2.38. The standard InChI is InChI=1S/C11H14N2O/c1-11(2)8-12-13(14,9-11)10-6-4-3-5-7-10/h3-8H,9H2,1-2H3. The SMILES string of the molecule is CC1(C)C=N[N+]([O-])(c2ccccc2)C1. The number of hydrogen-bond acceptors (Lipinski definition) is 2. The van der Waals surface area contributed by atoms with E-state index >= 15 is 0 Å². The van der Waals surface area contributed by atoms with Gasteiger partial charge in [-0.15, -0.1) is 0 Å². The average molecular weight is 190 g/mol. The molecular weight excluding hydrogens is 176 g/mol. The van der Waals surface area contributed by atoms with E-state index < -0.39 is 4.76 Å². The van der Waals surface area contributed by atoms with Crippen molar-refractivity contribution in [3.8, 4) is 0 Å². The summed E-state index contributed by atoms with van der Waals surface area (Å²) in [7, 11) is 0. The van der Waals surface area contributed by atoms with E-state index in [4.69, 9.17) is 0 Å². The van der Waals surface area contributed by atoms with Crippen LogP contribution in [0.5, 0.6) is 0 Å². The summed E-state index contributed by atoms with van der Waals surface area (Å²) in [6.07, 6.45) is 1.76. The number of hydrogen-bond donors (Lipinski definition) is 0. The summed E-state index contributed by atoms with van der Waals surface area (Å²) < 4.78 is -0.576. The molecule has 0 bridgehead atoms. The summed E-state index contributed by atoms with van der Waals surface area (Å²) in [6, 6.07) is 9.29. The lowest BCUT2D eigenvalue weighted by atomic mass is 9.96. The van der Waals surface area contributed by atoms with E-state index in [9.17, 15) is 5.21 Å². The molecule has 0 amide bonds. The van der Waals surface area contributed by atoms with Crippen molar-refractivity contribution in [1.82, 2.24) is 4.76 Å². The van der Waals surface area contributed by atoms with Crippen LogP contribution in [0.25, 0.3) is 0 Å². The lowest BCUT2D eigenvalue weighted by Crippen LogP contribution is -2.38. The number of para-hydroxylation sites is 1. The van der Waals surface area contributed by atoms with Crippen LogP contribution in [-0.4, -0.2) is 12.8 Å². The summed E-state index contributed by atoms with van der Waals surface area (Å²) in [5, 5.41) is 16.3. The molecule has 0 aliphatic carbocycles. The number of nitrogens with zero attached hydrogens (tertiary/aromatic N) is 2. The Hall–Kier alpha value is -1.19. The molecule has 1 heterocycles. The lowest BCUT2D eigenvalue weighted by Gasteiger charge is -2.33. The van der Waals surface area contributed by atoms with E-state index in [1.807, 2.05) is 44.2 Å². The minimum Gasteiger partial charge on any atom is -0.599 e. The van der Waals surface area contributed by atoms with Crippen molar-refractivity contribution in [2.75, 3.05) is 6.54 Å². The second kappa shape index (κ2) is 2.90. The first-order valence-corrected chi connectivity index (χ1v) is 4.73.